The Hall–Kier alpha value is -3.39. The first kappa shape index (κ1) is 24.3. The summed E-state index contributed by atoms with van der Waals surface area (Å²) >= 11 is 0. The summed E-state index contributed by atoms with van der Waals surface area (Å²) in [6.45, 7) is 5.33. The number of carbonyl (C=O) groups excluding carboxylic acids is 1. The molecule has 0 spiro atoms. The molecule has 0 radical (unpaired) electrons. The first-order chi connectivity index (χ1) is 15.6. The molecule has 0 saturated heterocycles. The van der Waals surface area contributed by atoms with Crippen LogP contribution in [-0.4, -0.2) is 28.0 Å². The number of carbonyl (C=O) groups is 1. The molecule has 6 nitrogen and oxygen atoms in total. The van der Waals surface area contributed by atoms with Crippen molar-refractivity contribution < 1.29 is 22.3 Å². The topological polar surface area (TPSA) is 75.7 Å². The van der Waals surface area contributed by atoms with E-state index < -0.39 is 28.3 Å². The van der Waals surface area contributed by atoms with E-state index in [0.29, 0.717) is 5.75 Å². The molecule has 0 aromatic heterocycles. The second kappa shape index (κ2) is 10.0. The molecule has 0 aliphatic rings. The van der Waals surface area contributed by atoms with Gasteiger partial charge in [-0.2, -0.15) is 0 Å². The van der Waals surface area contributed by atoms with Crippen molar-refractivity contribution in [1.82, 2.24) is 5.32 Å². The summed E-state index contributed by atoms with van der Waals surface area (Å²) in [5, 5.41) is 2.87. The first-order valence-corrected chi connectivity index (χ1v) is 11.8. The molecule has 0 saturated carbocycles. The highest BCUT2D eigenvalue weighted by atomic mass is 32.2. The highest BCUT2D eigenvalue weighted by Gasteiger charge is 2.28. The number of rotatable bonds is 8. The zero-order valence-corrected chi connectivity index (χ0v) is 19.8. The van der Waals surface area contributed by atoms with Crippen molar-refractivity contribution in [2.45, 2.75) is 31.7 Å². The van der Waals surface area contributed by atoms with E-state index in [2.05, 4.69) is 5.32 Å². The van der Waals surface area contributed by atoms with Crippen molar-refractivity contribution in [2.75, 3.05) is 18.0 Å². The summed E-state index contributed by atoms with van der Waals surface area (Å²) < 4.78 is 46.4. The van der Waals surface area contributed by atoms with Crippen LogP contribution in [0.2, 0.25) is 0 Å². The summed E-state index contributed by atoms with van der Waals surface area (Å²) in [5.74, 6) is -0.486. The predicted molar refractivity (Wildman–Crippen MR) is 126 cm³/mol. The van der Waals surface area contributed by atoms with E-state index in [4.69, 9.17) is 4.74 Å². The molecule has 0 fully saturated rings. The molecule has 0 aliphatic carbocycles. The van der Waals surface area contributed by atoms with Crippen LogP contribution in [0.25, 0.3) is 0 Å². The van der Waals surface area contributed by atoms with Gasteiger partial charge in [-0.15, -0.1) is 0 Å². The molecule has 0 heterocycles. The Kier molecular flexibility index (Phi) is 7.38. The lowest BCUT2D eigenvalue weighted by atomic mass is 10.0. The number of benzene rings is 3. The number of anilines is 1. The number of methoxy groups -OCH3 is 1. The largest absolute Gasteiger partial charge is 0.497 e. The second-order valence-corrected chi connectivity index (χ2v) is 9.68. The van der Waals surface area contributed by atoms with Crippen LogP contribution in [-0.2, 0) is 14.8 Å². The molecule has 1 amide bonds. The summed E-state index contributed by atoms with van der Waals surface area (Å²) in [6, 6.07) is 16.4. The van der Waals surface area contributed by atoms with Gasteiger partial charge in [0.25, 0.3) is 10.0 Å². The van der Waals surface area contributed by atoms with Crippen molar-refractivity contribution in [3.05, 3.63) is 89.2 Å². The molecule has 33 heavy (non-hydrogen) atoms. The molecule has 0 bridgehead atoms. The van der Waals surface area contributed by atoms with Gasteiger partial charge in [0.1, 0.15) is 18.1 Å². The number of hydrogen-bond acceptors (Lipinski definition) is 4. The molecule has 3 aromatic carbocycles. The number of nitrogens with one attached hydrogen (secondary N) is 1. The van der Waals surface area contributed by atoms with E-state index in [1.807, 2.05) is 39.0 Å². The van der Waals surface area contributed by atoms with Crippen LogP contribution in [0.3, 0.4) is 0 Å². The number of aryl methyl sites for hydroxylation is 2. The minimum atomic E-state index is -4.11. The van der Waals surface area contributed by atoms with Crippen molar-refractivity contribution in [1.29, 1.82) is 0 Å². The van der Waals surface area contributed by atoms with Crippen LogP contribution in [0, 0.1) is 19.7 Å². The summed E-state index contributed by atoms with van der Waals surface area (Å²) in [5.41, 5.74) is 3.27. The Morgan fingerprint density at radius 1 is 1.03 bits per heavy atom. The Balaban J connectivity index is 1.89. The highest BCUT2D eigenvalue weighted by molar-refractivity contribution is 7.92. The number of ether oxygens (including phenoxy) is 1. The van der Waals surface area contributed by atoms with Crippen LogP contribution in [0.1, 0.15) is 29.7 Å². The second-order valence-electron chi connectivity index (χ2n) is 7.81. The maximum atomic E-state index is 13.5. The number of hydrogen-bond donors (Lipinski definition) is 1. The summed E-state index contributed by atoms with van der Waals surface area (Å²) in [6.07, 6.45) is 0. The van der Waals surface area contributed by atoms with Crippen LogP contribution < -0.4 is 14.4 Å². The van der Waals surface area contributed by atoms with Gasteiger partial charge >= 0.3 is 0 Å². The highest BCUT2D eigenvalue weighted by Crippen LogP contribution is 2.26. The lowest BCUT2D eigenvalue weighted by Crippen LogP contribution is -2.41. The van der Waals surface area contributed by atoms with Crippen LogP contribution in [0.15, 0.2) is 71.6 Å². The zero-order chi connectivity index (χ0) is 24.2. The smallest absolute Gasteiger partial charge is 0.264 e. The summed E-state index contributed by atoms with van der Waals surface area (Å²) in [4.78, 5) is 12.9. The van der Waals surface area contributed by atoms with Gasteiger partial charge in [-0.1, -0.05) is 23.8 Å². The van der Waals surface area contributed by atoms with Crippen molar-refractivity contribution in [3.63, 3.8) is 0 Å². The molecular weight excluding hydrogens is 443 g/mol. The minimum Gasteiger partial charge on any atom is -0.497 e. The van der Waals surface area contributed by atoms with E-state index in [1.165, 1.54) is 43.5 Å². The van der Waals surface area contributed by atoms with E-state index >= 15 is 0 Å². The van der Waals surface area contributed by atoms with Gasteiger partial charge in [-0.05, 0) is 80.4 Å². The van der Waals surface area contributed by atoms with E-state index in [0.717, 1.165) is 33.1 Å². The SMILES string of the molecule is COc1ccc(S(=O)(=O)N(CC(=O)N[C@@H](C)c2ccc(C)cc2C)c2ccc(F)cc2)cc1. The van der Waals surface area contributed by atoms with Gasteiger partial charge in [-0.25, -0.2) is 12.8 Å². The van der Waals surface area contributed by atoms with Gasteiger partial charge in [0.2, 0.25) is 5.91 Å². The van der Waals surface area contributed by atoms with Crippen LogP contribution in [0.5, 0.6) is 5.75 Å². The molecule has 174 valence electrons. The Morgan fingerprint density at radius 2 is 1.67 bits per heavy atom. The van der Waals surface area contributed by atoms with Crippen LogP contribution in [0.4, 0.5) is 10.1 Å². The van der Waals surface area contributed by atoms with Gasteiger partial charge in [0.05, 0.1) is 23.7 Å². The number of nitrogens with zero attached hydrogens (tertiary/aromatic N) is 1. The van der Waals surface area contributed by atoms with Crippen LogP contribution >= 0.6 is 0 Å². The molecule has 3 aromatic rings. The molecular formula is C25H27FN2O4S. The standard InChI is InChI=1S/C25H27FN2O4S/c1-17-5-14-24(18(2)15-17)19(3)27-25(29)16-28(21-8-6-20(26)7-9-21)33(30,31)23-12-10-22(32-4)11-13-23/h5-15,19H,16H2,1-4H3,(H,27,29)/t19-/m0/s1. The summed E-state index contributed by atoms with van der Waals surface area (Å²) in [7, 11) is -2.62. The quantitative estimate of drug-likeness (QED) is 0.525. The third kappa shape index (κ3) is 5.70. The fourth-order valence-corrected chi connectivity index (χ4v) is 5.03. The maximum absolute atomic E-state index is 13.5. The maximum Gasteiger partial charge on any atom is 0.264 e. The van der Waals surface area contributed by atoms with E-state index in [1.54, 1.807) is 0 Å². The molecule has 0 unspecified atom stereocenters. The van der Waals surface area contributed by atoms with E-state index in [9.17, 15) is 17.6 Å². The average molecular weight is 471 g/mol. The van der Waals surface area contributed by atoms with Gasteiger partial charge in [0.15, 0.2) is 0 Å². The fourth-order valence-electron chi connectivity index (χ4n) is 3.60. The fraction of sp³-hybridized carbons (Fsp3) is 0.240. The number of halogens is 1. The molecule has 1 atom stereocenters. The van der Waals surface area contributed by atoms with Gasteiger partial charge in [0, 0.05) is 0 Å². The lowest BCUT2D eigenvalue weighted by molar-refractivity contribution is -0.120. The van der Waals surface area contributed by atoms with Crippen molar-refractivity contribution >= 4 is 21.6 Å². The molecule has 3 rings (SSSR count). The predicted octanol–water partition coefficient (Wildman–Crippen LogP) is 4.52. The monoisotopic (exact) mass is 470 g/mol. The Labute approximate surface area is 194 Å². The van der Waals surface area contributed by atoms with Crippen molar-refractivity contribution in [2.24, 2.45) is 0 Å². The van der Waals surface area contributed by atoms with E-state index in [-0.39, 0.29) is 16.6 Å². The Bertz CT molecular complexity index is 1230. The molecule has 8 heteroatoms. The van der Waals surface area contributed by atoms with Gasteiger partial charge < -0.3 is 10.1 Å². The zero-order valence-electron chi connectivity index (χ0n) is 19.0. The Morgan fingerprint density at radius 3 is 2.24 bits per heavy atom. The first-order valence-electron chi connectivity index (χ1n) is 10.4. The average Bonchev–Trinajstić information content (AvgIpc) is 2.78. The number of sulfonamides is 1. The number of amides is 1. The minimum absolute atomic E-state index is 0.0112. The normalized spacial score (nSPS) is 12.2. The third-order valence-corrected chi connectivity index (χ3v) is 7.11. The van der Waals surface area contributed by atoms with Crippen molar-refractivity contribution in [3.8, 4) is 5.75 Å². The molecule has 1 N–H and O–H groups in total. The molecule has 0 aliphatic heterocycles. The lowest BCUT2D eigenvalue weighted by Gasteiger charge is -2.25. The van der Waals surface area contributed by atoms with Gasteiger partial charge in [-0.3, -0.25) is 9.10 Å². The third-order valence-electron chi connectivity index (χ3n) is 5.32.